The third-order valence-corrected chi connectivity index (χ3v) is 2.15. The monoisotopic (exact) mass is 239 g/mol. The predicted molar refractivity (Wildman–Crippen MR) is 39.4 cm³/mol. The topological polar surface area (TPSA) is 54.4 Å². The molecule has 0 spiro atoms. The van der Waals surface area contributed by atoms with Crippen molar-refractivity contribution in [1.29, 1.82) is 0 Å². The average molecular weight is 240 g/mol. The van der Waals surface area contributed by atoms with Gasteiger partial charge in [-0.1, -0.05) is 15.9 Å². The molecule has 1 N–H and O–H groups in total. The molecule has 0 amide bonds. The molecule has 0 rings (SSSR count). The molecule has 0 saturated heterocycles. The Morgan fingerprint density at radius 2 is 1.80 bits per heavy atom. The van der Waals surface area contributed by atoms with Crippen LogP contribution in [0.15, 0.2) is 0 Å². The zero-order valence-corrected chi connectivity index (χ0v) is 10.3. The Balaban J connectivity index is 0. The van der Waals surface area contributed by atoms with Gasteiger partial charge in [-0.3, -0.25) is 4.55 Å². The maximum absolute atomic E-state index is 10.0. The van der Waals surface area contributed by atoms with E-state index in [4.69, 9.17) is 4.55 Å². The first-order chi connectivity index (χ1) is 4.06. The van der Waals surface area contributed by atoms with Gasteiger partial charge in [0, 0.05) is 5.33 Å². The molecule has 0 saturated carbocycles. The molecule has 0 aliphatic rings. The smallest absolute Gasteiger partial charge is 0.286 e. The van der Waals surface area contributed by atoms with E-state index in [-0.39, 0.29) is 35.3 Å². The predicted octanol–water partition coefficient (Wildman–Crippen LogP) is -1.95. The number of alkyl halides is 1. The second kappa shape index (κ2) is 7.06. The van der Waals surface area contributed by atoms with E-state index in [1.165, 1.54) is 0 Å². The van der Waals surface area contributed by atoms with E-state index in [1.54, 1.807) is 0 Å². The summed E-state index contributed by atoms with van der Waals surface area (Å²) >= 11 is 3.14. The van der Waals surface area contributed by atoms with E-state index in [9.17, 15) is 8.42 Å². The van der Waals surface area contributed by atoms with Gasteiger partial charge in [0.25, 0.3) is 10.1 Å². The fourth-order valence-electron chi connectivity index (χ4n) is 0.379. The first-order valence-corrected chi connectivity index (χ1v) is 5.30. The SMILES string of the molecule is O=S(=O)(O)CCCCBr.[Na+]. The molecule has 0 aromatic heterocycles. The van der Waals surface area contributed by atoms with Gasteiger partial charge >= 0.3 is 29.6 Å². The van der Waals surface area contributed by atoms with Gasteiger partial charge in [0.15, 0.2) is 0 Å². The molecule has 56 valence electrons. The summed E-state index contributed by atoms with van der Waals surface area (Å²) in [5, 5.41) is 0.780. The van der Waals surface area contributed by atoms with Crippen molar-refractivity contribution in [3.8, 4) is 0 Å². The van der Waals surface area contributed by atoms with Gasteiger partial charge in [0.1, 0.15) is 0 Å². The first-order valence-electron chi connectivity index (χ1n) is 2.57. The molecule has 0 atom stereocenters. The maximum Gasteiger partial charge on any atom is 1.00 e. The van der Waals surface area contributed by atoms with Gasteiger partial charge in [-0.05, 0) is 12.8 Å². The van der Waals surface area contributed by atoms with Crippen molar-refractivity contribution in [3.63, 3.8) is 0 Å². The van der Waals surface area contributed by atoms with Crippen molar-refractivity contribution in [2.45, 2.75) is 12.8 Å². The average Bonchev–Trinajstić information content (AvgIpc) is 1.63. The second-order valence-corrected chi connectivity index (χ2v) is 4.05. The Labute approximate surface area is 91.7 Å². The second-order valence-electron chi connectivity index (χ2n) is 1.68. The Morgan fingerprint density at radius 3 is 2.10 bits per heavy atom. The summed E-state index contributed by atoms with van der Waals surface area (Å²) in [4.78, 5) is 0. The molecular formula is C4H9BrNaO3S+. The van der Waals surface area contributed by atoms with Crippen molar-refractivity contribution >= 4 is 26.0 Å². The third-order valence-electron chi connectivity index (χ3n) is 0.786. The molecule has 0 aliphatic heterocycles. The number of halogens is 1. The minimum Gasteiger partial charge on any atom is -0.286 e. The summed E-state index contributed by atoms with van der Waals surface area (Å²) < 4.78 is 28.3. The molecule has 0 aromatic rings. The van der Waals surface area contributed by atoms with Crippen LogP contribution in [0.25, 0.3) is 0 Å². The number of hydrogen-bond acceptors (Lipinski definition) is 2. The number of unbranched alkanes of at least 4 members (excludes halogenated alkanes) is 1. The minimum atomic E-state index is -3.72. The van der Waals surface area contributed by atoms with Crippen LogP contribution in [0.2, 0.25) is 0 Å². The number of rotatable bonds is 4. The van der Waals surface area contributed by atoms with Crippen LogP contribution >= 0.6 is 15.9 Å². The summed E-state index contributed by atoms with van der Waals surface area (Å²) in [7, 11) is -3.72. The van der Waals surface area contributed by atoms with Crippen LogP contribution in [0.4, 0.5) is 0 Å². The fourth-order valence-corrected chi connectivity index (χ4v) is 1.34. The summed E-state index contributed by atoms with van der Waals surface area (Å²) in [5.41, 5.74) is 0. The molecule has 0 fully saturated rings. The van der Waals surface area contributed by atoms with Crippen LogP contribution in [0, 0.1) is 0 Å². The molecule has 0 bridgehead atoms. The summed E-state index contributed by atoms with van der Waals surface area (Å²) in [6.45, 7) is 0. The maximum atomic E-state index is 10.0. The van der Waals surface area contributed by atoms with E-state index in [1.807, 2.05) is 0 Å². The van der Waals surface area contributed by atoms with Crippen molar-refractivity contribution < 1.29 is 42.5 Å². The van der Waals surface area contributed by atoms with Gasteiger partial charge in [0.2, 0.25) is 0 Å². The summed E-state index contributed by atoms with van der Waals surface area (Å²) in [5.74, 6) is -0.126. The summed E-state index contributed by atoms with van der Waals surface area (Å²) in [6, 6.07) is 0. The van der Waals surface area contributed by atoms with E-state index in [2.05, 4.69) is 15.9 Å². The first kappa shape index (κ1) is 13.9. The van der Waals surface area contributed by atoms with Crippen LogP contribution in [-0.4, -0.2) is 24.1 Å². The standard InChI is InChI=1S/C4H9BrO3S.Na/c5-3-1-2-4-9(6,7)8;/h1-4H2,(H,6,7,8);/q;+1. The summed E-state index contributed by atoms with van der Waals surface area (Å²) in [6.07, 6.45) is 1.30. The third kappa shape index (κ3) is 12.1. The Hall–Kier alpha value is 1.39. The molecule has 0 aliphatic carbocycles. The van der Waals surface area contributed by atoms with E-state index >= 15 is 0 Å². The quantitative estimate of drug-likeness (QED) is 0.269. The van der Waals surface area contributed by atoms with Crippen molar-refractivity contribution in [3.05, 3.63) is 0 Å². The van der Waals surface area contributed by atoms with E-state index < -0.39 is 10.1 Å². The zero-order chi connectivity index (χ0) is 7.33. The zero-order valence-electron chi connectivity index (χ0n) is 5.88. The molecule has 3 nitrogen and oxygen atoms in total. The van der Waals surface area contributed by atoms with Crippen LogP contribution < -0.4 is 29.6 Å². The van der Waals surface area contributed by atoms with Gasteiger partial charge in [-0.15, -0.1) is 0 Å². The molecule has 0 heterocycles. The van der Waals surface area contributed by atoms with Crippen LogP contribution in [-0.2, 0) is 10.1 Å². The molecule has 0 aromatic carbocycles. The minimum absolute atomic E-state index is 0. The van der Waals surface area contributed by atoms with E-state index in [0.29, 0.717) is 6.42 Å². The van der Waals surface area contributed by atoms with Gasteiger partial charge < -0.3 is 0 Å². The van der Waals surface area contributed by atoms with Gasteiger partial charge in [-0.2, -0.15) is 8.42 Å². The largest absolute Gasteiger partial charge is 1.00 e. The van der Waals surface area contributed by atoms with E-state index in [0.717, 1.165) is 11.8 Å². The van der Waals surface area contributed by atoms with Gasteiger partial charge in [0.05, 0.1) is 5.75 Å². The Morgan fingerprint density at radius 1 is 1.30 bits per heavy atom. The number of hydrogen-bond donors (Lipinski definition) is 1. The van der Waals surface area contributed by atoms with Crippen molar-refractivity contribution in [2.24, 2.45) is 0 Å². The van der Waals surface area contributed by atoms with Crippen LogP contribution in [0.1, 0.15) is 12.8 Å². The fraction of sp³-hybridized carbons (Fsp3) is 1.00. The van der Waals surface area contributed by atoms with Crippen molar-refractivity contribution in [1.82, 2.24) is 0 Å². The molecular weight excluding hydrogens is 231 g/mol. The Bertz CT molecular complexity index is 156. The molecule has 0 unspecified atom stereocenters. The molecule has 0 radical (unpaired) electrons. The molecule has 10 heavy (non-hydrogen) atoms. The Kier molecular flexibility index (Phi) is 9.85. The normalized spacial score (nSPS) is 10.6. The van der Waals surface area contributed by atoms with Gasteiger partial charge in [-0.25, -0.2) is 0 Å². The van der Waals surface area contributed by atoms with Crippen LogP contribution in [0.3, 0.4) is 0 Å². The van der Waals surface area contributed by atoms with Crippen LogP contribution in [0.5, 0.6) is 0 Å². The van der Waals surface area contributed by atoms with Crippen molar-refractivity contribution in [2.75, 3.05) is 11.1 Å². The molecule has 6 heteroatoms.